The summed E-state index contributed by atoms with van der Waals surface area (Å²) in [6.45, 7) is 4.53. The fourth-order valence-electron chi connectivity index (χ4n) is 1.67. The number of nitrogens with zero attached hydrogens (tertiary/aromatic N) is 2. The van der Waals surface area contributed by atoms with E-state index < -0.39 is 5.91 Å². The van der Waals surface area contributed by atoms with Gasteiger partial charge in [0.2, 0.25) is 0 Å². The molecular weight excluding hydrogens is 244 g/mol. The van der Waals surface area contributed by atoms with Crippen LogP contribution in [0.3, 0.4) is 0 Å². The standard InChI is InChI=1S/C13H14N4O2/c1-2-6-19-8-9-4-3-5-10(7-9)11-12(13(14)18)16-17-15-11/h2-5,7H,1,6,8H2,(H2,14,18)(H,15,16,17). The molecule has 2 aromatic rings. The van der Waals surface area contributed by atoms with Gasteiger partial charge in [-0.3, -0.25) is 4.79 Å². The van der Waals surface area contributed by atoms with Crippen LogP contribution in [-0.4, -0.2) is 27.9 Å². The van der Waals surface area contributed by atoms with Gasteiger partial charge >= 0.3 is 0 Å². The third kappa shape index (κ3) is 3.05. The van der Waals surface area contributed by atoms with Gasteiger partial charge in [-0.1, -0.05) is 24.3 Å². The quantitative estimate of drug-likeness (QED) is 0.602. The first kappa shape index (κ1) is 13.0. The van der Waals surface area contributed by atoms with Crippen molar-refractivity contribution < 1.29 is 9.53 Å². The second kappa shape index (κ2) is 5.92. The van der Waals surface area contributed by atoms with Crippen LogP contribution in [-0.2, 0) is 11.3 Å². The van der Waals surface area contributed by atoms with Crippen molar-refractivity contribution in [3.8, 4) is 11.3 Å². The van der Waals surface area contributed by atoms with Gasteiger partial charge in [0, 0.05) is 5.56 Å². The van der Waals surface area contributed by atoms with Crippen molar-refractivity contribution in [3.05, 3.63) is 48.2 Å². The maximum atomic E-state index is 11.2. The summed E-state index contributed by atoms with van der Waals surface area (Å²) in [5.41, 5.74) is 7.54. The van der Waals surface area contributed by atoms with E-state index >= 15 is 0 Å². The monoisotopic (exact) mass is 258 g/mol. The molecule has 0 aliphatic heterocycles. The Hall–Kier alpha value is -2.47. The van der Waals surface area contributed by atoms with E-state index in [1.165, 1.54) is 0 Å². The number of carbonyl (C=O) groups excluding carboxylic acids is 1. The Balaban J connectivity index is 2.25. The number of primary amides is 1. The number of aromatic nitrogens is 3. The number of rotatable bonds is 6. The Morgan fingerprint density at radius 2 is 2.32 bits per heavy atom. The average Bonchev–Trinajstić information content (AvgIpc) is 2.89. The first-order chi connectivity index (χ1) is 9.22. The summed E-state index contributed by atoms with van der Waals surface area (Å²) in [7, 11) is 0. The average molecular weight is 258 g/mol. The predicted octanol–water partition coefficient (Wildman–Crippen LogP) is 1.27. The molecule has 1 heterocycles. The third-order valence-corrected chi connectivity index (χ3v) is 2.49. The van der Waals surface area contributed by atoms with Gasteiger partial charge in [0.05, 0.1) is 13.2 Å². The smallest absolute Gasteiger partial charge is 0.271 e. The highest BCUT2D eigenvalue weighted by molar-refractivity contribution is 5.96. The lowest BCUT2D eigenvalue weighted by molar-refractivity contribution is 0.0996. The number of amides is 1. The highest BCUT2D eigenvalue weighted by Crippen LogP contribution is 2.20. The van der Waals surface area contributed by atoms with E-state index in [1.807, 2.05) is 24.3 Å². The summed E-state index contributed by atoms with van der Waals surface area (Å²) >= 11 is 0. The maximum absolute atomic E-state index is 11.2. The minimum absolute atomic E-state index is 0.129. The van der Waals surface area contributed by atoms with Crippen LogP contribution in [0.1, 0.15) is 16.1 Å². The number of nitrogens with two attached hydrogens (primary N) is 1. The predicted molar refractivity (Wildman–Crippen MR) is 70.2 cm³/mol. The van der Waals surface area contributed by atoms with Crippen LogP contribution in [0.4, 0.5) is 0 Å². The van der Waals surface area contributed by atoms with E-state index in [0.29, 0.717) is 18.9 Å². The first-order valence-corrected chi connectivity index (χ1v) is 5.71. The summed E-state index contributed by atoms with van der Waals surface area (Å²) in [6, 6.07) is 7.51. The second-order valence-electron chi connectivity index (χ2n) is 3.89. The number of aromatic amines is 1. The van der Waals surface area contributed by atoms with Gasteiger partial charge in [-0.05, 0) is 11.6 Å². The van der Waals surface area contributed by atoms with Crippen LogP contribution >= 0.6 is 0 Å². The Labute approximate surface area is 110 Å². The van der Waals surface area contributed by atoms with E-state index in [2.05, 4.69) is 22.0 Å². The molecule has 0 radical (unpaired) electrons. The SMILES string of the molecule is C=CCOCc1cccc(-c2n[nH]nc2C(N)=O)c1. The van der Waals surface area contributed by atoms with Crippen LogP contribution in [0, 0.1) is 0 Å². The molecule has 0 saturated heterocycles. The Bertz CT molecular complexity index is 592. The van der Waals surface area contributed by atoms with Crippen molar-refractivity contribution >= 4 is 5.91 Å². The van der Waals surface area contributed by atoms with Crippen molar-refractivity contribution in [3.63, 3.8) is 0 Å². The molecule has 1 aromatic carbocycles. The van der Waals surface area contributed by atoms with Gasteiger partial charge in [-0.15, -0.1) is 6.58 Å². The van der Waals surface area contributed by atoms with Crippen LogP contribution in [0.15, 0.2) is 36.9 Å². The van der Waals surface area contributed by atoms with Crippen molar-refractivity contribution in [1.29, 1.82) is 0 Å². The molecule has 2 rings (SSSR count). The fourth-order valence-corrected chi connectivity index (χ4v) is 1.67. The van der Waals surface area contributed by atoms with Crippen LogP contribution in [0.25, 0.3) is 11.3 Å². The molecular formula is C13H14N4O2. The Kier molecular flexibility index (Phi) is 4.04. The molecule has 0 spiro atoms. The minimum atomic E-state index is -0.614. The molecule has 1 amide bonds. The van der Waals surface area contributed by atoms with Gasteiger partial charge in [0.15, 0.2) is 5.69 Å². The lowest BCUT2D eigenvalue weighted by Gasteiger charge is -2.04. The number of nitrogens with one attached hydrogen (secondary N) is 1. The second-order valence-corrected chi connectivity index (χ2v) is 3.89. The van der Waals surface area contributed by atoms with Crippen molar-refractivity contribution in [2.75, 3.05) is 6.61 Å². The topological polar surface area (TPSA) is 93.9 Å². The van der Waals surface area contributed by atoms with Crippen molar-refractivity contribution in [1.82, 2.24) is 15.4 Å². The highest BCUT2D eigenvalue weighted by Gasteiger charge is 2.15. The largest absolute Gasteiger partial charge is 0.373 e. The van der Waals surface area contributed by atoms with E-state index in [4.69, 9.17) is 10.5 Å². The first-order valence-electron chi connectivity index (χ1n) is 5.71. The molecule has 1 aromatic heterocycles. The van der Waals surface area contributed by atoms with Crippen LogP contribution < -0.4 is 5.73 Å². The number of hydrogen-bond acceptors (Lipinski definition) is 4. The molecule has 0 saturated carbocycles. The summed E-state index contributed by atoms with van der Waals surface area (Å²) in [5.74, 6) is -0.614. The minimum Gasteiger partial charge on any atom is -0.373 e. The van der Waals surface area contributed by atoms with Crippen molar-refractivity contribution in [2.45, 2.75) is 6.61 Å². The lowest BCUT2D eigenvalue weighted by atomic mass is 10.1. The van der Waals surface area contributed by atoms with Crippen LogP contribution in [0.2, 0.25) is 0 Å². The summed E-state index contributed by atoms with van der Waals surface area (Å²) in [4.78, 5) is 11.2. The van der Waals surface area contributed by atoms with Crippen molar-refractivity contribution in [2.24, 2.45) is 5.73 Å². The van der Waals surface area contributed by atoms with E-state index in [9.17, 15) is 4.79 Å². The maximum Gasteiger partial charge on any atom is 0.271 e. The van der Waals surface area contributed by atoms with Gasteiger partial charge in [-0.2, -0.15) is 15.4 Å². The molecule has 0 atom stereocenters. The number of H-pyrrole nitrogens is 1. The zero-order chi connectivity index (χ0) is 13.7. The summed E-state index contributed by atoms with van der Waals surface area (Å²) in [6.07, 6.45) is 1.69. The Morgan fingerprint density at radius 3 is 3.05 bits per heavy atom. The highest BCUT2D eigenvalue weighted by atomic mass is 16.5. The molecule has 3 N–H and O–H groups in total. The van der Waals surface area contributed by atoms with E-state index in [-0.39, 0.29) is 5.69 Å². The molecule has 6 nitrogen and oxygen atoms in total. The summed E-state index contributed by atoms with van der Waals surface area (Å²) < 4.78 is 5.37. The third-order valence-electron chi connectivity index (χ3n) is 2.49. The van der Waals surface area contributed by atoms with E-state index in [0.717, 1.165) is 11.1 Å². The zero-order valence-corrected chi connectivity index (χ0v) is 10.3. The molecule has 19 heavy (non-hydrogen) atoms. The molecule has 98 valence electrons. The van der Waals surface area contributed by atoms with E-state index in [1.54, 1.807) is 6.08 Å². The summed E-state index contributed by atoms with van der Waals surface area (Å²) in [5, 5.41) is 10.1. The Morgan fingerprint density at radius 1 is 1.47 bits per heavy atom. The number of carbonyl (C=O) groups is 1. The normalized spacial score (nSPS) is 10.3. The number of benzene rings is 1. The molecule has 0 fully saturated rings. The molecule has 6 heteroatoms. The van der Waals surface area contributed by atoms with Crippen LogP contribution in [0.5, 0.6) is 0 Å². The van der Waals surface area contributed by atoms with Gasteiger partial charge in [0.25, 0.3) is 5.91 Å². The zero-order valence-electron chi connectivity index (χ0n) is 10.3. The molecule has 0 aliphatic carbocycles. The number of hydrogen-bond donors (Lipinski definition) is 2. The lowest BCUT2D eigenvalue weighted by Crippen LogP contribution is -2.12. The number of ether oxygens (including phenoxy) is 1. The fraction of sp³-hybridized carbons (Fsp3) is 0.154. The van der Waals surface area contributed by atoms with Gasteiger partial charge in [-0.25, -0.2) is 0 Å². The molecule has 0 unspecified atom stereocenters. The van der Waals surface area contributed by atoms with Gasteiger partial charge < -0.3 is 10.5 Å². The molecule has 0 bridgehead atoms. The van der Waals surface area contributed by atoms with Gasteiger partial charge in [0.1, 0.15) is 5.69 Å². The molecule has 0 aliphatic rings.